The smallest absolute Gasteiger partial charge is 0.0970 e. The van der Waals surface area contributed by atoms with E-state index < -0.39 is 0 Å². The third-order valence-corrected chi connectivity index (χ3v) is 4.31. The number of rotatable bonds is 0. The topological polar surface area (TPSA) is 25.8 Å². The average molecular weight is 280 g/mol. The highest BCUT2D eigenvalue weighted by Crippen LogP contribution is 2.35. The van der Waals surface area contributed by atoms with Crippen LogP contribution in [-0.2, 0) is 0 Å². The number of fused-ring (bicyclic) bond motifs is 7. The van der Waals surface area contributed by atoms with E-state index >= 15 is 0 Å². The van der Waals surface area contributed by atoms with Crippen molar-refractivity contribution in [3.8, 4) is 0 Å². The third-order valence-electron chi connectivity index (χ3n) is 4.31. The van der Waals surface area contributed by atoms with Gasteiger partial charge in [-0.25, -0.2) is 0 Å². The Hall–Kier alpha value is -3.00. The first-order valence-corrected chi connectivity index (χ1v) is 7.36. The first-order chi connectivity index (χ1) is 10.9. The van der Waals surface area contributed by atoms with Gasteiger partial charge in [-0.05, 0) is 45.8 Å². The maximum atomic E-state index is 4.58. The van der Waals surface area contributed by atoms with Crippen LogP contribution in [0.4, 0.5) is 0 Å². The normalized spacial score (nSPS) is 11.6. The Morgan fingerprint density at radius 1 is 0.500 bits per heavy atom. The zero-order chi connectivity index (χ0) is 14.5. The number of hydrogen-bond donors (Lipinski definition) is 0. The van der Waals surface area contributed by atoms with E-state index in [4.69, 9.17) is 0 Å². The Morgan fingerprint density at radius 2 is 1.00 bits per heavy atom. The van der Waals surface area contributed by atoms with Crippen LogP contribution in [0.3, 0.4) is 0 Å². The summed E-state index contributed by atoms with van der Waals surface area (Å²) in [5, 5.41) is 7.31. The first kappa shape index (κ1) is 11.6. The average Bonchev–Trinajstić information content (AvgIpc) is 2.61. The highest BCUT2D eigenvalue weighted by atomic mass is 14.7. The molecule has 102 valence electrons. The summed E-state index contributed by atoms with van der Waals surface area (Å²) in [5.41, 5.74) is 1.95. The van der Waals surface area contributed by atoms with E-state index in [1.165, 1.54) is 21.5 Å². The first-order valence-electron chi connectivity index (χ1n) is 7.36. The van der Waals surface area contributed by atoms with Gasteiger partial charge in [0.05, 0.1) is 11.0 Å². The summed E-state index contributed by atoms with van der Waals surface area (Å²) >= 11 is 0. The fraction of sp³-hybridized carbons (Fsp3) is 0. The molecule has 2 heterocycles. The molecule has 0 aliphatic rings. The van der Waals surface area contributed by atoms with Crippen molar-refractivity contribution in [3.63, 3.8) is 0 Å². The van der Waals surface area contributed by atoms with Crippen LogP contribution in [0.5, 0.6) is 0 Å². The molecule has 0 radical (unpaired) electrons. The lowest BCUT2D eigenvalue weighted by Gasteiger charge is -2.10. The zero-order valence-electron chi connectivity index (χ0n) is 11.8. The quantitative estimate of drug-likeness (QED) is 0.292. The fourth-order valence-electron chi connectivity index (χ4n) is 3.31. The Kier molecular flexibility index (Phi) is 2.25. The number of pyridine rings is 2. The van der Waals surface area contributed by atoms with Gasteiger partial charge in [0.15, 0.2) is 0 Å². The Morgan fingerprint density at radius 3 is 1.50 bits per heavy atom. The molecule has 0 spiro atoms. The third kappa shape index (κ3) is 1.49. The van der Waals surface area contributed by atoms with Gasteiger partial charge in [0.2, 0.25) is 0 Å². The predicted octanol–water partition coefficient (Wildman–Crippen LogP) is 5.09. The second-order valence-electron chi connectivity index (χ2n) is 5.54. The van der Waals surface area contributed by atoms with Crippen LogP contribution < -0.4 is 0 Å². The summed E-state index contributed by atoms with van der Waals surface area (Å²) in [6.07, 6.45) is 3.67. The summed E-state index contributed by atoms with van der Waals surface area (Å²) in [5.74, 6) is 0. The van der Waals surface area contributed by atoms with Crippen molar-refractivity contribution in [3.05, 3.63) is 73.1 Å². The minimum absolute atomic E-state index is 0.973. The highest BCUT2D eigenvalue weighted by molar-refractivity contribution is 6.25. The number of benzene rings is 3. The maximum Gasteiger partial charge on any atom is 0.0970 e. The van der Waals surface area contributed by atoms with E-state index in [-0.39, 0.29) is 0 Å². The lowest BCUT2D eigenvalue weighted by Crippen LogP contribution is -1.88. The Balaban J connectivity index is 2.17. The summed E-state index contributed by atoms with van der Waals surface area (Å²) < 4.78 is 0. The molecule has 0 unspecified atom stereocenters. The molecule has 5 aromatic rings. The molecule has 5 rings (SSSR count). The van der Waals surface area contributed by atoms with Crippen molar-refractivity contribution in [1.82, 2.24) is 9.97 Å². The van der Waals surface area contributed by atoms with Crippen LogP contribution in [0.25, 0.3) is 43.4 Å². The molecule has 0 N–H and O–H groups in total. The number of nitrogens with zero attached hydrogens (tertiary/aromatic N) is 2. The van der Waals surface area contributed by atoms with Crippen molar-refractivity contribution in [2.45, 2.75) is 0 Å². The molecule has 0 aliphatic heterocycles. The van der Waals surface area contributed by atoms with E-state index in [1.54, 1.807) is 0 Å². The second-order valence-corrected chi connectivity index (χ2v) is 5.54. The summed E-state index contributed by atoms with van der Waals surface area (Å²) in [7, 11) is 0. The van der Waals surface area contributed by atoms with Gasteiger partial charge in [-0.3, -0.25) is 9.97 Å². The molecule has 0 atom stereocenters. The maximum absolute atomic E-state index is 4.58. The summed E-state index contributed by atoms with van der Waals surface area (Å²) in [6, 6.07) is 21.3. The molecule has 0 bridgehead atoms. The summed E-state index contributed by atoms with van der Waals surface area (Å²) in [4.78, 5) is 9.15. The highest BCUT2D eigenvalue weighted by Gasteiger charge is 2.10. The van der Waals surface area contributed by atoms with Crippen molar-refractivity contribution in [1.29, 1.82) is 0 Å². The molecule has 0 aliphatic carbocycles. The molecule has 0 saturated heterocycles. The van der Waals surface area contributed by atoms with Gasteiger partial charge in [0.25, 0.3) is 0 Å². The summed E-state index contributed by atoms with van der Waals surface area (Å²) in [6.45, 7) is 0. The van der Waals surface area contributed by atoms with Gasteiger partial charge in [-0.2, -0.15) is 0 Å². The molecule has 0 saturated carbocycles. The fourth-order valence-corrected chi connectivity index (χ4v) is 3.31. The number of aromatic nitrogens is 2. The van der Waals surface area contributed by atoms with Crippen LogP contribution in [0.1, 0.15) is 0 Å². The molecule has 2 nitrogen and oxygen atoms in total. The van der Waals surface area contributed by atoms with E-state index in [0.29, 0.717) is 0 Å². The van der Waals surface area contributed by atoms with Gasteiger partial charge in [-0.15, -0.1) is 0 Å². The minimum atomic E-state index is 0.973. The molecule has 22 heavy (non-hydrogen) atoms. The van der Waals surface area contributed by atoms with Crippen LogP contribution in [0.15, 0.2) is 73.1 Å². The van der Waals surface area contributed by atoms with Gasteiger partial charge in [0.1, 0.15) is 0 Å². The monoisotopic (exact) mass is 280 g/mol. The van der Waals surface area contributed by atoms with E-state index in [2.05, 4.69) is 58.5 Å². The van der Waals surface area contributed by atoms with Crippen molar-refractivity contribution >= 4 is 43.4 Å². The van der Waals surface area contributed by atoms with Gasteiger partial charge in [0, 0.05) is 23.2 Å². The van der Waals surface area contributed by atoms with Crippen LogP contribution in [-0.4, -0.2) is 9.97 Å². The van der Waals surface area contributed by atoms with Crippen LogP contribution in [0.2, 0.25) is 0 Å². The Bertz CT molecular complexity index is 1080. The molecule has 2 heteroatoms. The molecular weight excluding hydrogens is 268 g/mol. The van der Waals surface area contributed by atoms with Crippen LogP contribution in [0, 0.1) is 0 Å². The molecule has 3 aromatic carbocycles. The predicted molar refractivity (Wildman–Crippen MR) is 92.1 cm³/mol. The lowest BCUT2D eigenvalue weighted by atomic mass is 9.96. The van der Waals surface area contributed by atoms with Gasteiger partial charge < -0.3 is 0 Å². The zero-order valence-corrected chi connectivity index (χ0v) is 11.8. The molecule has 2 aromatic heterocycles. The Labute approximate surface area is 127 Å². The lowest BCUT2D eigenvalue weighted by molar-refractivity contribution is 1.38. The molecular formula is C20H12N2. The second kappa shape index (κ2) is 4.25. The SMILES string of the molecule is c1ccc2cc3c(cc2c1)c1cccnc1c1ncccc31. The van der Waals surface area contributed by atoms with Gasteiger partial charge in [-0.1, -0.05) is 36.4 Å². The minimum Gasteiger partial charge on any atom is -0.254 e. The largest absolute Gasteiger partial charge is 0.254 e. The molecule has 0 fully saturated rings. The van der Waals surface area contributed by atoms with Crippen molar-refractivity contribution in [2.75, 3.05) is 0 Å². The van der Waals surface area contributed by atoms with E-state index in [1.807, 2.05) is 24.5 Å². The number of hydrogen-bond acceptors (Lipinski definition) is 2. The van der Waals surface area contributed by atoms with Gasteiger partial charge >= 0.3 is 0 Å². The van der Waals surface area contributed by atoms with Crippen molar-refractivity contribution in [2.24, 2.45) is 0 Å². The van der Waals surface area contributed by atoms with E-state index in [0.717, 1.165) is 21.8 Å². The molecule has 0 amide bonds. The van der Waals surface area contributed by atoms with Crippen molar-refractivity contribution < 1.29 is 0 Å². The van der Waals surface area contributed by atoms with E-state index in [9.17, 15) is 0 Å². The standard InChI is InChI=1S/C20H12N2/c1-2-6-14-12-18-16-8-4-10-22-20(16)19-15(7-3-9-21-19)17(18)11-13(14)5-1/h1-12H. The van der Waals surface area contributed by atoms with Crippen LogP contribution >= 0.6 is 0 Å².